The number of anilines is 1. The first-order chi connectivity index (χ1) is 5.97. The van der Waals surface area contributed by atoms with E-state index in [1.807, 2.05) is 38.1 Å². The second kappa shape index (κ2) is 4.65. The Bertz CT molecular complexity index is 215. The van der Waals surface area contributed by atoms with Crippen LogP contribution in [-0.2, 0) is 0 Å². The van der Waals surface area contributed by atoms with Crippen molar-refractivity contribution in [2.75, 3.05) is 18.5 Å². The minimum absolute atomic E-state index is 0. The van der Waals surface area contributed by atoms with Crippen molar-refractivity contribution in [2.24, 2.45) is 0 Å². The molecule has 0 amide bonds. The lowest BCUT2D eigenvalue weighted by Gasteiger charge is -2.17. The monoisotopic (exact) mass is 167 g/mol. The number of hydrogen-bond acceptors (Lipinski definition) is 2. The molecule has 0 aliphatic carbocycles. The molecule has 1 aromatic carbocycles. The van der Waals surface area contributed by atoms with Crippen LogP contribution in [0.1, 0.15) is 15.3 Å². The lowest BCUT2D eigenvalue weighted by atomic mass is 10.3. The largest absolute Gasteiger partial charge is 0.490 e. The predicted octanol–water partition coefficient (Wildman–Crippen LogP) is 2.76. The normalized spacial score (nSPS) is 12.8. The predicted molar refractivity (Wildman–Crippen MR) is 53.9 cm³/mol. The maximum absolute atomic E-state index is 5.36. The smallest absolute Gasteiger partial charge is 0.142 e. The average Bonchev–Trinajstić information content (AvgIpc) is 2.21. The van der Waals surface area contributed by atoms with E-state index in [1.54, 1.807) is 0 Å². The Morgan fingerprint density at radius 1 is 1.33 bits per heavy atom. The number of ether oxygens (including phenoxy) is 1. The molecule has 0 saturated heterocycles. The highest BCUT2D eigenvalue weighted by Crippen LogP contribution is 2.25. The number of hydrogen-bond donors (Lipinski definition) is 1. The van der Waals surface area contributed by atoms with Gasteiger partial charge in [0, 0.05) is 7.97 Å². The van der Waals surface area contributed by atoms with Crippen molar-refractivity contribution < 1.29 is 6.16 Å². The van der Waals surface area contributed by atoms with Crippen molar-refractivity contribution in [2.45, 2.75) is 13.8 Å². The number of rotatable bonds is 0. The Balaban J connectivity index is 0.000000451. The topological polar surface area (TPSA) is 21.3 Å². The van der Waals surface area contributed by atoms with E-state index in [2.05, 4.69) is 5.32 Å². The maximum atomic E-state index is 5.36. The second-order valence-corrected chi connectivity index (χ2v) is 2.27. The van der Waals surface area contributed by atoms with Crippen LogP contribution < -0.4 is 10.1 Å². The molecule has 2 nitrogen and oxygen atoms in total. The van der Waals surface area contributed by atoms with Crippen LogP contribution in [0.5, 0.6) is 5.75 Å². The Morgan fingerprint density at radius 3 is 2.83 bits per heavy atom. The SMILES string of the molecule is CC.[HH].c1ccc2c(c1)NCCO2. The molecule has 2 heteroatoms. The zero-order valence-electron chi connectivity index (χ0n) is 7.63. The van der Waals surface area contributed by atoms with Gasteiger partial charge >= 0.3 is 0 Å². The third kappa shape index (κ3) is 1.91. The van der Waals surface area contributed by atoms with Gasteiger partial charge in [0.15, 0.2) is 0 Å². The van der Waals surface area contributed by atoms with E-state index >= 15 is 0 Å². The van der Waals surface area contributed by atoms with Crippen LogP contribution in [0.2, 0.25) is 0 Å². The average molecular weight is 167 g/mol. The molecule has 1 aliphatic heterocycles. The van der Waals surface area contributed by atoms with Gasteiger partial charge in [-0.15, -0.1) is 0 Å². The van der Waals surface area contributed by atoms with E-state index in [4.69, 9.17) is 4.74 Å². The van der Waals surface area contributed by atoms with Gasteiger partial charge in [0.1, 0.15) is 12.4 Å². The molecule has 1 heterocycles. The summed E-state index contributed by atoms with van der Waals surface area (Å²) in [5.41, 5.74) is 1.11. The quantitative estimate of drug-likeness (QED) is 0.641. The fourth-order valence-electron chi connectivity index (χ4n) is 1.09. The van der Waals surface area contributed by atoms with E-state index in [0.29, 0.717) is 0 Å². The molecule has 0 atom stereocenters. The highest BCUT2D eigenvalue weighted by atomic mass is 16.5. The van der Waals surface area contributed by atoms with E-state index in [9.17, 15) is 0 Å². The summed E-state index contributed by atoms with van der Waals surface area (Å²) >= 11 is 0. The molecule has 0 aromatic heterocycles. The summed E-state index contributed by atoms with van der Waals surface area (Å²) in [4.78, 5) is 0. The zero-order valence-corrected chi connectivity index (χ0v) is 7.63. The van der Waals surface area contributed by atoms with E-state index < -0.39 is 0 Å². The summed E-state index contributed by atoms with van der Waals surface area (Å²) in [7, 11) is 0. The molecule has 0 spiro atoms. The van der Waals surface area contributed by atoms with Gasteiger partial charge in [-0.3, -0.25) is 0 Å². The molecule has 68 valence electrons. The van der Waals surface area contributed by atoms with Crippen LogP contribution in [0.15, 0.2) is 24.3 Å². The molecular weight excluding hydrogens is 150 g/mol. The second-order valence-electron chi connectivity index (χ2n) is 2.27. The summed E-state index contributed by atoms with van der Waals surface area (Å²) in [6, 6.07) is 7.97. The Hall–Kier alpha value is -1.18. The van der Waals surface area contributed by atoms with Gasteiger partial charge in [-0.1, -0.05) is 26.0 Å². The van der Waals surface area contributed by atoms with Crippen molar-refractivity contribution >= 4 is 5.69 Å². The third-order valence-electron chi connectivity index (χ3n) is 1.56. The van der Waals surface area contributed by atoms with Crippen LogP contribution in [0.3, 0.4) is 0 Å². The van der Waals surface area contributed by atoms with E-state index in [1.165, 1.54) is 0 Å². The van der Waals surface area contributed by atoms with Gasteiger partial charge in [-0.2, -0.15) is 0 Å². The number of para-hydroxylation sites is 2. The van der Waals surface area contributed by atoms with Crippen molar-refractivity contribution in [3.05, 3.63) is 24.3 Å². The lowest BCUT2D eigenvalue weighted by molar-refractivity contribution is 0.323. The van der Waals surface area contributed by atoms with Crippen LogP contribution in [-0.4, -0.2) is 13.2 Å². The van der Waals surface area contributed by atoms with Gasteiger partial charge in [0.05, 0.1) is 5.69 Å². The Labute approximate surface area is 75.0 Å². The first-order valence-electron chi connectivity index (χ1n) is 4.42. The van der Waals surface area contributed by atoms with Crippen LogP contribution in [0, 0.1) is 0 Å². The standard InChI is InChI=1S/C8H9NO.C2H6.H2/c1-2-4-8-7(3-1)9-5-6-10-8;1-2;/h1-4,9H,5-6H2;1-2H3;1H. The van der Waals surface area contributed by atoms with Gasteiger partial charge in [-0.25, -0.2) is 0 Å². The molecular formula is C10H17NO. The molecule has 0 saturated carbocycles. The Morgan fingerprint density at radius 2 is 2.08 bits per heavy atom. The van der Waals surface area contributed by atoms with Gasteiger partial charge < -0.3 is 10.1 Å². The van der Waals surface area contributed by atoms with Crippen LogP contribution in [0.4, 0.5) is 5.69 Å². The summed E-state index contributed by atoms with van der Waals surface area (Å²) in [6.45, 7) is 5.69. The fraction of sp³-hybridized carbons (Fsp3) is 0.400. The molecule has 1 aliphatic rings. The van der Waals surface area contributed by atoms with E-state index in [-0.39, 0.29) is 1.43 Å². The first kappa shape index (κ1) is 8.91. The number of fused-ring (bicyclic) bond motifs is 1. The zero-order chi connectivity index (χ0) is 8.81. The minimum atomic E-state index is 0. The van der Waals surface area contributed by atoms with Crippen molar-refractivity contribution in [1.29, 1.82) is 0 Å². The molecule has 0 radical (unpaired) electrons. The molecule has 0 fully saturated rings. The van der Waals surface area contributed by atoms with Crippen molar-refractivity contribution in [1.82, 2.24) is 0 Å². The van der Waals surface area contributed by atoms with Crippen molar-refractivity contribution in [3.63, 3.8) is 0 Å². The summed E-state index contributed by atoms with van der Waals surface area (Å²) in [6.07, 6.45) is 0. The van der Waals surface area contributed by atoms with Gasteiger partial charge in [0.25, 0.3) is 0 Å². The molecule has 2 rings (SSSR count). The molecule has 12 heavy (non-hydrogen) atoms. The highest BCUT2D eigenvalue weighted by molar-refractivity contribution is 5.57. The van der Waals surface area contributed by atoms with Crippen LogP contribution in [0.25, 0.3) is 0 Å². The maximum Gasteiger partial charge on any atom is 0.142 e. The molecule has 0 unspecified atom stereocenters. The summed E-state index contributed by atoms with van der Waals surface area (Å²) < 4.78 is 5.36. The van der Waals surface area contributed by atoms with Crippen LogP contribution >= 0.6 is 0 Å². The minimum Gasteiger partial charge on any atom is -0.490 e. The summed E-state index contributed by atoms with van der Waals surface area (Å²) in [5, 5.41) is 3.24. The summed E-state index contributed by atoms with van der Waals surface area (Å²) in [5.74, 6) is 0.966. The number of nitrogens with one attached hydrogen (secondary N) is 1. The molecule has 1 N–H and O–H groups in total. The van der Waals surface area contributed by atoms with Crippen molar-refractivity contribution in [3.8, 4) is 5.75 Å². The van der Waals surface area contributed by atoms with Gasteiger partial charge in [0.2, 0.25) is 0 Å². The molecule has 0 bridgehead atoms. The lowest BCUT2D eigenvalue weighted by Crippen LogP contribution is -2.17. The third-order valence-corrected chi connectivity index (χ3v) is 1.56. The fourth-order valence-corrected chi connectivity index (χ4v) is 1.09. The number of benzene rings is 1. The first-order valence-corrected chi connectivity index (χ1v) is 4.42. The molecule has 1 aromatic rings. The van der Waals surface area contributed by atoms with Gasteiger partial charge in [-0.05, 0) is 12.1 Å². The van der Waals surface area contributed by atoms with E-state index in [0.717, 1.165) is 24.6 Å². The Kier molecular flexibility index (Phi) is 3.45. The highest BCUT2D eigenvalue weighted by Gasteiger charge is 2.05.